The van der Waals surface area contributed by atoms with E-state index in [1.165, 1.54) is 17.1 Å². The van der Waals surface area contributed by atoms with Gasteiger partial charge in [-0.1, -0.05) is 6.42 Å². The molecule has 0 aromatic carbocycles. The normalized spacial score (nSPS) is 13.1. The molecule has 32 heavy (non-hydrogen) atoms. The van der Waals surface area contributed by atoms with Crippen LogP contribution in [-0.4, -0.2) is 87.8 Å². The summed E-state index contributed by atoms with van der Waals surface area (Å²) in [6, 6.07) is 0. The first-order chi connectivity index (χ1) is 15.2. The summed E-state index contributed by atoms with van der Waals surface area (Å²) in [5, 5.41) is 5.60. The number of ether oxygens (including phenoxy) is 3. The van der Waals surface area contributed by atoms with Crippen LogP contribution in [0.25, 0.3) is 0 Å². The fourth-order valence-electron chi connectivity index (χ4n) is 2.36. The Balaban J connectivity index is 0.000000618. The van der Waals surface area contributed by atoms with Crippen LogP contribution >= 0.6 is 0 Å². The predicted molar refractivity (Wildman–Crippen MR) is 120 cm³/mol. The molecule has 0 atom stereocenters. The number of amides is 3. The van der Waals surface area contributed by atoms with Crippen molar-refractivity contribution in [2.45, 2.75) is 52.1 Å². The lowest BCUT2D eigenvalue weighted by Crippen LogP contribution is -2.34. The number of nitrogens with zero attached hydrogens (tertiary/aromatic N) is 1. The van der Waals surface area contributed by atoms with Gasteiger partial charge in [-0.2, -0.15) is 0 Å². The van der Waals surface area contributed by atoms with Gasteiger partial charge >= 0.3 is 6.09 Å². The monoisotopic (exact) mass is 457 g/mol. The third-order valence-electron chi connectivity index (χ3n) is 3.89. The van der Waals surface area contributed by atoms with Crippen LogP contribution in [0.15, 0.2) is 12.2 Å². The molecule has 0 aromatic heterocycles. The molecule has 0 aliphatic carbocycles. The van der Waals surface area contributed by atoms with E-state index in [0.29, 0.717) is 45.9 Å². The van der Waals surface area contributed by atoms with Gasteiger partial charge in [-0.3, -0.25) is 14.5 Å². The molecule has 0 radical (unpaired) electrons. The Morgan fingerprint density at radius 3 is 2.09 bits per heavy atom. The Kier molecular flexibility index (Phi) is 17.0. The summed E-state index contributed by atoms with van der Waals surface area (Å²) in [4.78, 5) is 44.6. The summed E-state index contributed by atoms with van der Waals surface area (Å²) in [7, 11) is 1.88. The molecule has 1 rings (SSSR count). The summed E-state index contributed by atoms with van der Waals surface area (Å²) < 4.78 is 15.6. The zero-order chi connectivity index (χ0) is 24.2. The molecule has 0 spiro atoms. The highest BCUT2D eigenvalue weighted by Gasteiger charge is 2.22. The van der Waals surface area contributed by atoms with E-state index in [-0.39, 0.29) is 11.8 Å². The second-order valence-electron chi connectivity index (χ2n) is 7.93. The number of hydrogen-bond donors (Lipinski definition) is 2. The minimum absolute atomic E-state index is 0.231. The lowest BCUT2D eigenvalue weighted by molar-refractivity contribution is -0.136. The van der Waals surface area contributed by atoms with Gasteiger partial charge in [0.05, 0.1) is 26.4 Å². The molecule has 184 valence electrons. The summed E-state index contributed by atoms with van der Waals surface area (Å²) in [5.74, 6) is -0.462. The van der Waals surface area contributed by atoms with Crippen molar-refractivity contribution >= 4 is 24.2 Å². The van der Waals surface area contributed by atoms with Crippen molar-refractivity contribution in [3.8, 4) is 0 Å². The van der Waals surface area contributed by atoms with Crippen molar-refractivity contribution in [1.82, 2.24) is 15.5 Å². The predicted octanol–water partition coefficient (Wildman–Crippen LogP) is 1.43. The molecule has 1 aliphatic rings. The van der Waals surface area contributed by atoms with Crippen LogP contribution in [0.4, 0.5) is 4.79 Å². The molecule has 2 N–H and O–H groups in total. The second kappa shape index (κ2) is 18.3. The lowest BCUT2D eigenvalue weighted by Gasteiger charge is -2.19. The van der Waals surface area contributed by atoms with E-state index in [4.69, 9.17) is 14.2 Å². The van der Waals surface area contributed by atoms with Crippen LogP contribution in [0.2, 0.25) is 0 Å². The number of carbonyl (C=O) groups excluding carboxylic acids is 4. The van der Waals surface area contributed by atoms with Gasteiger partial charge in [0.2, 0.25) is 0 Å². The van der Waals surface area contributed by atoms with Crippen molar-refractivity contribution in [3.63, 3.8) is 0 Å². The number of imide groups is 1. The first-order valence-electron chi connectivity index (χ1n) is 11.0. The van der Waals surface area contributed by atoms with Crippen molar-refractivity contribution in [3.05, 3.63) is 12.2 Å². The maximum atomic E-state index is 11.2. The van der Waals surface area contributed by atoms with Crippen molar-refractivity contribution < 1.29 is 33.4 Å². The third kappa shape index (κ3) is 17.4. The molecule has 1 heterocycles. The van der Waals surface area contributed by atoms with Gasteiger partial charge in [-0.15, -0.1) is 0 Å². The zero-order valence-electron chi connectivity index (χ0n) is 19.8. The standard InChI is InChI=1S/C12H26N2O4.C10H13NO3/c1-12(2,3)18-11(15)14-6-8-17-10-9-16-7-5-13-4;12-8-4-2-1-3-7-11-9(13)5-6-10(11)14/h13H,5-10H2,1-4H3,(H,14,15);5-6,8H,1-4,7H2. The second-order valence-corrected chi connectivity index (χ2v) is 7.93. The van der Waals surface area contributed by atoms with Crippen LogP contribution in [-0.2, 0) is 28.6 Å². The summed E-state index contributed by atoms with van der Waals surface area (Å²) in [5.41, 5.74) is -0.466. The Morgan fingerprint density at radius 2 is 1.56 bits per heavy atom. The average molecular weight is 458 g/mol. The maximum absolute atomic E-state index is 11.2. The SMILES string of the molecule is CNCCOCCOCCNC(=O)OC(C)(C)C.O=CCCCCCN1C(=O)C=CC1=O. The van der Waals surface area contributed by atoms with Gasteiger partial charge in [0.1, 0.15) is 11.9 Å². The number of unbranched alkanes of at least 4 members (excludes halogenated alkanes) is 3. The lowest BCUT2D eigenvalue weighted by atomic mass is 10.2. The van der Waals surface area contributed by atoms with Crippen molar-refractivity contribution in [2.75, 3.05) is 53.1 Å². The Bertz CT molecular complexity index is 571. The number of aldehydes is 1. The van der Waals surface area contributed by atoms with Crippen LogP contribution in [0, 0.1) is 0 Å². The number of rotatable bonds is 15. The maximum Gasteiger partial charge on any atom is 0.407 e. The van der Waals surface area contributed by atoms with E-state index < -0.39 is 11.7 Å². The van der Waals surface area contributed by atoms with E-state index >= 15 is 0 Å². The Hall–Kier alpha value is -2.30. The van der Waals surface area contributed by atoms with Gasteiger partial charge in [0.25, 0.3) is 11.8 Å². The van der Waals surface area contributed by atoms with Gasteiger partial charge in [0.15, 0.2) is 0 Å². The molecule has 10 heteroatoms. The summed E-state index contributed by atoms with van der Waals surface area (Å²) >= 11 is 0. The quantitative estimate of drug-likeness (QED) is 0.215. The molecular formula is C22H39N3O7. The number of alkyl carbamates (subject to hydrolysis) is 1. The molecular weight excluding hydrogens is 418 g/mol. The first kappa shape index (κ1) is 29.7. The molecule has 0 aromatic rings. The fourth-order valence-corrected chi connectivity index (χ4v) is 2.36. The van der Waals surface area contributed by atoms with Crippen molar-refractivity contribution in [1.29, 1.82) is 0 Å². The summed E-state index contributed by atoms with van der Waals surface area (Å²) in [6.07, 6.45) is 6.06. The first-order valence-corrected chi connectivity index (χ1v) is 11.0. The van der Waals surface area contributed by atoms with Gasteiger partial charge in [-0.05, 0) is 40.7 Å². The average Bonchev–Trinajstić information content (AvgIpc) is 3.03. The van der Waals surface area contributed by atoms with Crippen LogP contribution in [0.1, 0.15) is 46.5 Å². The Morgan fingerprint density at radius 1 is 0.969 bits per heavy atom. The van der Waals surface area contributed by atoms with E-state index in [0.717, 1.165) is 32.1 Å². The number of hydrogen-bond acceptors (Lipinski definition) is 8. The van der Waals surface area contributed by atoms with Gasteiger partial charge < -0.3 is 29.6 Å². The highest BCUT2D eigenvalue weighted by Crippen LogP contribution is 2.07. The summed E-state index contributed by atoms with van der Waals surface area (Å²) in [6.45, 7) is 9.43. The fraction of sp³-hybridized carbons (Fsp3) is 0.727. The molecule has 10 nitrogen and oxygen atoms in total. The van der Waals surface area contributed by atoms with Crippen LogP contribution in [0.3, 0.4) is 0 Å². The zero-order valence-corrected chi connectivity index (χ0v) is 19.8. The smallest absolute Gasteiger partial charge is 0.407 e. The largest absolute Gasteiger partial charge is 0.444 e. The number of likely N-dealkylation sites (N-methyl/N-ethyl adjacent to an activating group) is 1. The minimum atomic E-state index is -0.466. The van der Waals surface area contributed by atoms with E-state index in [1.54, 1.807) is 0 Å². The molecule has 3 amide bonds. The molecule has 0 bridgehead atoms. The van der Waals surface area contributed by atoms with Crippen LogP contribution < -0.4 is 10.6 Å². The molecule has 1 aliphatic heterocycles. The third-order valence-corrected chi connectivity index (χ3v) is 3.89. The van der Waals surface area contributed by atoms with Crippen LogP contribution in [0.5, 0.6) is 0 Å². The van der Waals surface area contributed by atoms with E-state index in [1.807, 2.05) is 27.8 Å². The Labute approximate surface area is 191 Å². The number of nitrogens with one attached hydrogen (secondary N) is 2. The van der Waals surface area contributed by atoms with E-state index in [2.05, 4.69) is 10.6 Å². The molecule has 0 fully saturated rings. The number of carbonyl (C=O) groups is 4. The minimum Gasteiger partial charge on any atom is -0.444 e. The highest BCUT2D eigenvalue weighted by molar-refractivity contribution is 6.12. The molecule has 0 saturated carbocycles. The molecule has 0 saturated heterocycles. The van der Waals surface area contributed by atoms with Crippen molar-refractivity contribution in [2.24, 2.45) is 0 Å². The molecule has 0 unspecified atom stereocenters. The highest BCUT2D eigenvalue weighted by atomic mass is 16.6. The van der Waals surface area contributed by atoms with Gasteiger partial charge in [-0.25, -0.2) is 4.79 Å². The van der Waals surface area contributed by atoms with Gasteiger partial charge in [0, 0.05) is 38.2 Å². The topological polar surface area (TPSA) is 123 Å². The van der Waals surface area contributed by atoms with E-state index in [9.17, 15) is 19.2 Å².